The first-order chi connectivity index (χ1) is 15.4. The minimum Gasteiger partial charge on any atom is -0.486 e. The van der Waals surface area contributed by atoms with Crippen molar-refractivity contribution in [2.45, 2.75) is 44.3 Å². The summed E-state index contributed by atoms with van der Waals surface area (Å²) < 4.78 is 39.2. The van der Waals surface area contributed by atoms with Crippen molar-refractivity contribution < 1.29 is 18.3 Å². The van der Waals surface area contributed by atoms with Crippen LogP contribution in [0.15, 0.2) is 30.5 Å². The normalized spacial score (nSPS) is 23.9. The van der Waals surface area contributed by atoms with Gasteiger partial charge in [0.2, 0.25) is 0 Å². The van der Waals surface area contributed by atoms with Crippen molar-refractivity contribution in [3.63, 3.8) is 0 Å². The van der Waals surface area contributed by atoms with Crippen LogP contribution in [-0.4, -0.2) is 47.1 Å². The monoisotopic (exact) mass is 439 g/mol. The molecule has 0 saturated carbocycles. The van der Waals surface area contributed by atoms with Gasteiger partial charge in [-0.05, 0) is 32.4 Å². The zero-order valence-electron chi connectivity index (χ0n) is 17.8. The number of halogens is 2. The van der Waals surface area contributed by atoms with Crippen LogP contribution >= 0.6 is 0 Å². The number of para-hydroxylation sites is 1. The molecule has 5 heterocycles. The Bertz CT molecular complexity index is 1210. The number of pyridine rings is 1. The maximum Gasteiger partial charge on any atom is 0.310 e. The summed E-state index contributed by atoms with van der Waals surface area (Å²) in [6.07, 6.45) is 3.02. The Morgan fingerprint density at radius 1 is 1.22 bits per heavy atom. The Labute approximate surface area is 183 Å². The predicted octanol–water partition coefficient (Wildman–Crippen LogP) is 3.97. The molecule has 3 aliphatic heterocycles. The van der Waals surface area contributed by atoms with E-state index in [0.29, 0.717) is 23.5 Å². The number of nitrogens with zero attached hydrogens (tertiary/aromatic N) is 4. The summed E-state index contributed by atoms with van der Waals surface area (Å²) in [6, 6.07) is 7.38. The summed E-state index contributed by atoms with van der Waals surface area (Å²) in [7, 11) is 0. The minimum atomic E-state index is -2.97. The van der Waals surface area contributed by atoms with Gasteiger partial charge in [0.15, 0.2) is 12.4 Å². The molecule has 3 aromatic rings. The van der Waals surface area contributed by atoms with Gasteiger partial charge in [0, 0.05) is 10.9 Å². The van der Waals surface area contributed by atoms with E-state index in [2.05, 4.69) is 31.5 Å². The van der Waals surface area contributed by atoms with Gasteiger partial charge in [-0.15, -0.1) is 5.10 Å². The van der Waals surface area contributed by atoms with Gasteiger partial charge < -0.3 is 19.7 Å². The van der Waals surface area contributed by atoms with Gasteiger partial charge in [-0.2, -0.15) is 13.9 Å². The van der Waals surface area contributed by atoms with Gasteiger partial charge in [0.25, 0.3) is 0 Å². The molecule has 7 nitrogen and oxygen atoms in total. The maximum atomic E-state index is 14.1. The number of nitrogens with one attached hydrogen (secondary N) is 1. The molecule has 2 aromatic heterocycles. The van der Waals surface area contributed by atoms with E-state index in [-0.39, 0.29) is 17.4 Å². The van der Waals surface area contributed by atoms with Crippen LogP contribution in [0.4, 0.5) is 20.3 Å². The van der Waals surface area contributed by atoms with Gasteiger partial charge in [0.05, 0.1) is 60.0 Å². The van der Waals surface area contributed by atoms with Gasteiger partial charge in [-0.25, -0.2) is 0 Å². The molecular formula is C23H23F2N5O2. The zero-order chi connectivity index (χ0) is 22.0. The second-order valence-electron chi connectivity index (χ2n) is 8.79. The first kappa shape index (κ1) is 19.6. The fourth-order valence-electron chi connectivity index (χ4n) is 5.02. The van der Waals surface area contributed by atoms with Gasteiger partial charge >= 0.3 is 5.92 Å². The average Bonchev–Trinajstić information content (AvgIpc) is 3.11. The molecule has 9 heteroatoms. The highest BCUT2D eigenvalue weighted by molar-refractivity contribution is 5.92. The van der Waals surface area contributed by atoms with Crippen molar-refractivity contribution in [1.29, 1.82) is 0 Å². The summed E-state index contributed by atoms with van der Waals surface area (Å²) in [6.45, 7) is 4.61. The molecule has 0 radical (unpaired) electrons. The van der Waals surface area contributed by atoms with Crippen LogP contribution in [0.5, 0.6) is 5.75 Å². The minimum absolute atomic E-state index is 0.0704. The lowest BCUT2D eigenvalue weighted by Crippen LogP contribution is -2.64. The summed E-state index contributed by atoms with van der Waals surface area (Å²) in [5, 5.41) is 12.8. The summed E-state index contributed by atoms with van der Waals surface area (Å²) in [4.78, 5) is 7.04. The number of benzene rings is 1. The number of hydrogen-bond acceptors (Lipinski definition) is 7. The van der Waals surface area contributed by atoms with E-state index in [0.717, 1.165) is 41.9 Å². The molecule has 166 valence electrons. The first-order valence-corrected chi connectivity index (χ1v) is 10.8. The first-order valence-electron chi connectivity index (χ1n) is 10.8. The Hall–Kier alpha value is -3.07. The Morgan fingerprint density at radius 2 is 2.03 bits per heavy atom. The van der Waals surface area contributed by atoms with Crippen molar-refractivity contribution >= 4 is 22.4 Å². The van der Waals surface area contributed by atoms with Gasteiger partial charge in [-0.1, -0.05) is 12.1 Å². The number of fused-ring (bicyclic) bond motifs is 4. The highest BCUT2D eigenvalue weighted by Gasteiger charge is 2.43. The predicted molar refractivity (Wildman–Crippen MR) is 115 cm³/mol. The molecule has 2 unspecified atom stereocenters. The van der Waals surface area contributed by atoms with Crippen molar-refractivity contribution in [1.82, 2.24) is 15.2 Å². The molecule has 2 bridgehead atoms. The summed E-state index contributed by atoms with van der Waals surface area (Å²) >= 11 is 0. The molecule has 1 N–H and O–H groups in total. The molecular weight excluding hydrogens is 416 g/mol. The molecule has 0 spiro atoms. The fourth-order valence-corrected chi connectivity index (χ4v) is 5.02. The second-order valence-corrected chi connectivity index (χ2v) is 8.79. The Kier molecular flexibility index (Phi) is 4.27. The fraction of sp³-hybridized carbons (Fsp3) is 0.435. The number of anilines is 2. The van der Waals surface area contributed by atoms with E-state index in [1.807, 2.05) is 20.0 Å². The lowest BCUT2D eigenvalue weighted by molar-refractivity contribution is -0.0214. The van der Waals surface area contributed by atoms with Gasteiger partial charge in [-0.3, -0.25) is 4.98 Å². The lowest BCUT2D eigenvalue weighted by Gasteiger charge is -2.53. The average molecular weight is 439 g/mol. The summed E-state index contributed by atoms with van der Waals surface area (Å²) in [5.74, 6) is -2.16. The third kappa shape index (κ3) is 2.91. The van der Waals surface area contributed by atoms with Crippen LogP contribution in [-0.2, 0) is 10.7 Å². The number of aryl methyl sites for hydroxylation is 1. The van der Waals surface area contributed by atoms with E-state index >= 15 is 0 Å². The van der Waals surface area contributed by atoms with Crippen LogP contribution in [0.2, 0.25) is 0 Å². The molecule has 3 aliphatic rings. The van der Waals surface area contributed by atoms with E-state index < -0.39 is 12.5 Å². The van der Waals surface area contributed by atoms with E-state index in [1.165, 1.54) is 6.07 Å². The van der Waals surface area contributed by atoms with Crippen LogP contribution < -0.4 is 15.0 Å². The highest BCUT2D eigenvalue weighted by atomic mass is 19.3. The quantitative estimate of drug-likeness (QED) is 0.660. The van der Waals surface area contributed by atoms with Crippen molar-refractivity contribution in [3.05, 3.63) is 47.3 Å². The lowest BCUT2D eigenvalue weighted by atomic mass is 9.90. The number of aromatic nitrogens is 3. The number of ether oxygens (including phenoxy) is 2. The van der Waals surface area contributed by atoms with Crippen LogP contribution in [0.3, 0.4) is 0 Å². The molecule has 1 aromatic carbocycles. The standard InChI is InChI=1S/C23H23F2N5O2/c1-12(17-4-3-5-19-21(17)32-11-23(19,24)25)27-22-18-7-14(8-26-20(18)13(2)28-29-22)30-15-6-16(30)10-31-9-15/h3-5,7-8,12,15-16H,6,9-11H2,1-2H3,(H,27,29)/t12-,15?,16?/m1/s1. The van der Waals surface area contributed by atoms with Crippen molar-refractivity contribution in [3.8, 4) is 5.75 Å². The molecule has 0 aliphatic carbocycles. The molecule has 0 amide bonds. The van der Waals surface area contributed by atoms with Crippen LogP contribution in [0, 0.1) is 6.92 Å². The van der Waals surface area contributed by atoms with Gasteiger partial charge in [0.1, 0.15) is 5.75 Å². The third-order valence-electron chi connectivity index (χ3n) is 6.68. The summed E-state index contributed by atoms with van der Waals surface area (Å²) in [5.41, 5.74) is 3.13. The van der Waals surface area contributed by atoms with Crippen molar-refractivity contribution in [2.24, 2.45) is 0 Å². The second kappa shape index (κ2) is 6.96. The number of rotatable bonds is 4. The zero-order valence-corrected chi connectivity index (χ0v) is 17.8. The van der Waals surface area contributed by atoms with Crippen molar-refractivity contribution in [2.75, 3.05) is 30.0 Å². The van der Waals surface area contributed by atoms with E-state index in [9.17, 15) is 8.78 Å². The Balaban J connectivity index is 1.36. The molecule has 6 rings (SSSR count). The Morgan fingerprint density at radius 3 is 2.81 bits per heavy atom. The topological polar surface area (TPSA) is 72.4 Å². The van der Waals surface area contributed by atoms with Crippen LogP contribution in [0.1, 0.15) is 36.2 Å². The molecule has 2 fully saturated rings. The molecule has 3 atom stereocenters. The smallest absolute Gasteiger partial charge is 0.310 e. The number of hydrogen-bond donors (Lipinski definition) is 1. The third-order valence-corrected chi connectivity index (χ3v) is 6.68. The largest absolute Gasteiger partial charge is 0.486 e. The SMILES string of the molecule is Cc1nnc(N[C@H](C)c2cccc3c2OCC3(F)F)c2cc(N3C4COCC3C4)cnc12. The highest BCUT2D eigenvalue weighted by Crippen LogP contribution is 2.45. The van der Waals surface area contributed by atoms with E-state index in [1.54, 1.807) is 12.1 Å². The number of morpholine rings is 1. The van der Waals surface area contributed by atoms with Crippen LogP contribution in [0.25, 0.3) is 10.9 Å². The molecule has 32 heavy (non-hydrogen) atoms. The maximum absolute atomic E-state index is 14.1. The van der Waals surface area contributed by atoms with E-state index in [4.69, 9.17) is 9.47 Å². The molecule has 2 saturated heterocycles. The number of alkyl halides is 2.